The van der Waals surface area contributed by atoms with E-state index in [9.17, 15) is 4.79 Å². The predicted octanol–water partition coefficient (Wildman–Crippen LogP) is 4.09. The summed E-state index contributed by atoms with van der Waals surface area (Å²) in [6.07, 6.45) is 7.34. The predicted molar refractivity (Wildman–Crippen MR) is 103 cm³/mol. The molecule has 1 amide bonds. The van der Waals surface area contributed by atoms with Crippen molar-refractivity contribution in [3.05, 3.63) is 51.5 Å². The van der Waals surface area contributed by atoms with Crippen LogP contribution in [-0.2, 0) is 24.2 Å². The van der Waals surface area contributed by atoms with E-state index in [4.69, 9.17) is 4.74 Å². The van der Waals surface area contributed by atoms with Crippen LogP contribution in [0.25, 0.3) is 0 Å². The largest absolute Gasteiger partial charge is 0.372 e. The van der Waals surface area contributed by atoms with Crippen LogP contribution in [0.15, 0.2) is 30.5 Å². The van der Waals surface area contributed by atoms with E-state index in [-0.39, 0.29) is 12.0 Å². The molecular formula is C21H26N2O2S. The Morgan fingerprint density at radius 3 is 2.92 bits per heavy atom. The van der Waals surface area contributed by atoms with Crippen molar-refractivity contribution in [3.8, 4) is 0 Å². The van der Waals surface area contributed by atoms with Crippen LogP contribution >= 0.6 is 11.3 Å². The second kappa shape index (κ2) is 7.89. The van der Waals surface area contributed by atoms with Crippen LogP contribution in [-0.4, -0.2) is 35.0 Å². The van der Waals surface area contributed by atoms with Gasteiger partial charge in [-0.2, -0.15) is 0 Å². The molecule has 0 spiro atoms. The first kappa shape index (κ1) is 17.7. The fourth-order valence-electron chi connectivity index (χ4n) is 3.88. The zero-order valence-corrected chi connectivity index (χ0v) is 16.1. The van der Waals surface area contributed by atoms with E-state index >= 15 is 0 Å². The summed E-state index contributed by atoms with van der Waals surface area (Å²) < 4.78 is 5.98. The molecule has 0 bridgehead atoms. The number of hydrogen-bond acceptors (Lipinski definition) is 4. The monoisotopic (exact) mass is 370 g/mol. The third-order valence-electron chi connectivity index (χ3n) is 5.46. The van der Waals surface area contributed by atoms with Gasteiger partial charge in [0.1, 0.15) is 0 Å². The lowest BCUT2D eigenvalue weighted by Gasteiger charge is -2.31. The third kappa shape index (κ3) is 3.99. The van der Waals surface area contributed by atoms with Crippen LogP contribution in [0.2, 0.25) is 0 Å². The molecule has 1 aliphatic carbocycles. The highest BCUT2D eigenvalue weighted by Crippen LogP contribution is 2.33. The van der Waals surface area contributed by atoms with E-state index in [1.807, 2.05) is 23.1 Å². The van der Waals surface area contributed by atoms with E-state index in [0.717, 1.165) is 55.3 Å². The van der Waals surface area contributed by atoms with Crippen molar-refractivity contribution in [3.63, 3.8) is 0 Å². The Morgan fingerprint density at radius 1 is 1.31 bits per heavy atom. The normalized spacial score (nSPS) is 20.8. The van der Waals surface area contributed by atoms with Crippen molar-refractivity contribution in [1.29, 1.82) is 0 Å². The Hall–Kier alpha value is -1.72. The lowest BCUT2D eigenvalue weighted by atomic mass is 9.90. The fraction of sp³-hybridized carbons (Fsp3) is 0.524. The molecule has 0 radical (unpaired) electrons. The molecule has 4 nitrogen and oxygen atoms in total. The Labute approximate surface area is 159 Å². The minimum atomic E-state index is 0.209. The fourth-order valence-corrected chi connectivity index (χ4v) is 5.06. The number of piperidine rings is 1. The molecule has 0 unspecified atom stereocenters. The number of likely N-dealkylation sites (tertiary alicyclic amines) is 1. The van der Waals surface area contributed by atoms with Gasteiger partial charge in [0.15, 0.2) is 0 Å². The number of rotatable bonds is 4. The van der Waals surface area contributed by atoms with Crippen LogP contribution in [0.3, 0.4) is 0 Å². The standard InChI is InChI=1S/C21H26N2O2S/c1-15-5-6-19-16(12-15)13-20(26-19)21(24)23-10-7-18(8-11-23)25-14-17-4-2-3-9-22-17/h2-4,9,13,15,18H,5-8,10-12,14H2,1H3/t15-/m0/s1. The number of aromatic nitrogens is 1. The van der Waals surface area contributed by atoms with E-state index in [1.165, 1.54) is 16.9 Å². The van der Waals surface area contributed by atoms with E-state index in [1.54, 1.807) is 17.5 Å². The topological polar surface area (TPSA) is 42.4 Å². The van der Waals surface area contributed by atoms with Gasteiger partial charge in [0.25, 0.3) is 5.91 Å². The molecule has 2 aromatic heterocycles. The first-order chi connectivity index (χ1) is 12.7. The second-order valence-electron chi connectivity index (χ2n) is 7.53. The van der Waals surface area contributed by atoms with Crippen LogP contribution in [0.1, 0.15) is 52.0 Å². The molecule has 26 heavy (non-hydrogen) atoms. The number of ether oxygens (including phenoxy) is 1. The molecule has 1 saturated heterocycles. The molecule has 0 aromatic carbocycles. The quantitative estimate of drug-likeness (QED) is 0.814. The van der Waals surface area contributed by atoms with Gasteiger partial charge >= 0.3 is 0 Å². The summed E-state index contributed by atoms with van der Waals surface area (Å²) in [6, 6.07) is 8.03. The maximum absolute atomic E-state index is 12.9. The highest BCUT2D eigenvalue weighted by molar-refractivity contribution is 7.14. The van der Waals surface area contributed by atoms with Gasteiger partial charge in [-0.3, -0.25) is 9.78 Å². The van der Waals surface area contributed by atoms with E-state index in [2.05, 4.69) is 18.0 Å². The third-order valence-corrected chi connectivity index (χ3v) is 6.69. The zero-order chi connectivity index (χ0) is 17.9. The molecule has 4 rings (SSSR count). The molecule has 1 fully saturated rings. The summed E-state index contributed by atoms with van der Waals surface area (Å²) in [7, 11) is 0. The van der Waals surface area contributed by atoms with E-state index < -0.39 is 0 Å². The molecule has 2 aliphatic rings. The molecule has 2 aromatic rings. The van der Waals surface area contributed by atoms with Crippen molar-refractivity contribution < 1.29 is 9.53 Å². The smallest absolute Gasteiger partial charge is 0.263 e. The lowest BCUT2D eigenvalue weighted by molar-refractivity contribution is -0.00150. The number of nitrogens with zero attached hydrogens (tertiary/aromatic N) is 2. The lowest BCUT2D eigenvalue weighted by Crippen LogP contribution is -2.40. The summed E-state index contributed by atoms with van der Waals surface area (Å²) in [5.41, 5.74) is 2.37. The maximum atomic E-state index is 12.9. The van der Waals surface area contributed by atoms with Crippen molar-refractivity contribution >= 4 is 17.2 Å². The molecule has 0 saturated carbocycles. The number of amides is 1. The first-order valence-corrected chi connectivity index (χ1v) is 10.4. The summed E-state index contributed by atoms with van der Waals surface area (Å²) in [4.78, 5) is 21.5. The van der Waals surface area contributed by atoms with Gasteiger partial charge in [0, 0.05) is 24.2 Å². The molecule has 138 valence electrons. The Balaban J connectivity index is 1.30. The number of hydrogen-bond donors (Lipinski definition) is 0. The van der Waals surface area contributed by atoms with Crippen molar-refractivity contribution in [2.24, 2.45) is 5.92 Å². The van der Waals surface area contributed by atoms with Crippen LogP contribution in [0.5, 0.6) is 0 Å². The highest BCUT2D eigenvalue weighted by Gasteiger charge is 2.27. The van der Waals surface area contributed by atoms with Crippen LogP contribution in [0, 0.1) is 5.92 Å². The van der Waals surface area contributed by atoms with Gasteiger partial charge in [0.05, 0.1) is 23.3 Å². The number of fused-ring (bicyclic) bond motifs is 1. The van der Waals surface area contributed by atoms with Gasteiger partial charge in [-0.05, 0) is 61.8 Å². The molecule has 5 heteroatoms. The van der Waals surface area contributed by atoms with Gasteiger partial charge in [-0.1, -0.05) is 13.0 Å². The highest BCUT2D eigenvalue weighted by atomic mass is 32.1. The number of thiophene rings is 1. The van der Waals surface area contributed by atoms with Gasteiger partial charge in [-0.25, -0.2) is 0 Å². The summed E-state index contributed by atoms with van der Waals surface area (Å²) in [5.74, 6) is 0.951. The maximum Gasteiger partial charge on any atom is 0.263 e. The molecule has 0 N–H and O–H groups in total. The average Bonchev–Trinajstić information content (AvgIpc) is 3.10. The summed E-state index contributed by atoms with van der Waals surface area (Å²) >= 11 is 1.72. The zero-order valence-electron chi connectivity index (χ0n) is 15.3. The Kier molecular flexibility index (Phi) is 5.36. The molecular weight excluding hydrogens is 344 g/mol. The summed E-state index contributed by atoms with van der Waals surface area (Å²) in [5, 5.41) is 0. The number of pyridine rings is 1. The number of carbonyl (C=O) groups excluding carboxylic acids is 1. The van der Waals surface area contributed by atoms with Crippen molar-refractivity contribution in [2.75, 3.05) is 13.1 Å². The minimum absolute atomic E-state index is 0.209. The van der Waals surface area contributed by atoms with Gasteiger partial charge in [-0.15, -0.1) is 11.3 Å². The summed E-state index contributed by atoms with van der Waals surface area (Å²) in [6.45, 7) is 4.42. The van der Waals surface area contributed by atoms with Crippen LogP contribution in [0.4, 0.5) is 0 Å². The number of carbonyl (C=O) groups is 1. The molecule has 1 atom stereocenters. The Bertz CT molecular complexity index is 751. The van der Waals surface area contributed by atoms with Crippen molar-refractivity contribution in [1.82, 2.24) is 9.88 Å². The average molecular weight is 371 g/mol. The SMILES string of the molecule is C[C@H]1CCc2sc(C(=O)N3CCC(OCc4ccccn4)CC3)cc2C1. The number of aryl methyl sites for hydroxylation is 1. The second-order valence-corrected chi connectivity index (χ2v) is 8.67. The van der Waals surface area contributed by atoms with Gasteiger partial charge < -0.3 is 9.64 Å². The molecule has 1 aliphatic heterocycles. The van der Waals surface area contributed by atoms with Crippen molar-refractivity contribution in [2.45, 2.75) is 51.7 Å². The van der Waals surface area contributed by atoms with Crippen LogP contribution < -0.4 is 0 Å². The minimum Gasteiger partial charge on any atom is -0.372 e. The first-order valence-electron chi connectivity index (χ1n) is 9.61. The Morgan fingerprint density at radius 2 is 2.15 bits per heavy atom. The van der Waals surface area contributed by atoms with E-state index in [0.29, 0.717) is 6.61 Å². The molecule has 3 heterocycles. The van der Waals surface area contributed by atoms with Gasteiger partial charge in [0.2, 0.25) is 0 Å².